The van der Waals surface area contributed by atoms with Gasteiger partial charge in [-0.05, 0) is 33.4 Å². The molecular formula is C14H13BrN2O2S. The van der Waals surface area contributed by atoms with Gasteiger partial charge in [0.25, 0.3) is 5.91 Å². The molecule has 6 heteroatoms. The average Bonchev–Trinajstić information content (AvgIpc) is 3.12. The maximum Gasteiger partial charge on any atom is 0.264 e. The molecule has 0 spiro atoms. The van der Waals surface area contributed by atoms with Crippen molar-refractivity contribution in [3.8, 4) is 5.88 Å². The second-order valence-electron chi connectivity index (χ2n) is 4.57. The highest BCUT2D eigenvalue weighted by atomic mass is 79.9. The SMILES string of the molecule is O=C(c1cccs1)N1CCC(Oc2ccc(Br)cn2)C1. The Bertz CT molecular complexity index is 586. The molecule has 3 heterocycles. The number of halogens is 1. The minimum Gasteiger partial charge on any atom is -0.472 e. The Kier molecular flexibility index (Phi) is 4.03. The van der Waals surface area contributed by atoms with E-state index in [0.717, 1.165) is 22.3 Å². The Morgan fingerprint density at radius 1 is 1.45 bits per heavy atom. The van der Waals surface area contributed by atoms with E-state index < -0.39 is 0 Å². The quantitative estimate of drug-likeness (QED) is 0.851. The maximum absolute atomic E-state index is 12.2. The molecule has 1 aliphatic heterocycles. The van der Waals surface area contributed by atoms with Crippen molar-refractivity contribution >= 4 is 33.2 Å². The molecule has 0 radical (unpaired) electrons. The molecule has 3 rings (SSSR count). The molecule has 1 fully saturated rings. The van der Waals surface area contributed by atoms with Gasteiger partial charge < -0.3 is 9.64 Å². The lowest BCUT2D eigenvalue weighted by molar-refractivity contribution is 0.0776. The van der Waals surface area contributed by atoms with E-state index in [-0.39, 0.29) is 12.0 Å². The summed E-state index contributed by atoms with van der Waals surface area (Å²) in [7, 11) is 0. The van der Waals surface area contributed by atoms with Gasteiger partial charge in [-0.2, -0.15) is 0 Å². The standard InChI is InChI=1S/C14H13BrN2O2S/c15-10-3-4-13(16-8-10)19-11-5-6-17(9-11)14(18)12-2-1-7-20-12/h1-4,7-8,11H,5-6,9H2. The van der Waals surface area contributed by atoms with Gasteiger partial charge in [0, 0.05) is 29.7 Å². The molecule has 1 saturated heterocycles. The normalized spacial score (nSPS) is 18.2. The number of carbonyl (C=O) groups is 1. The first-order valence-electron chi connectivity index (χ1n) is 6.33. The molecular weight excluding hydrogens is 340 g/mol. The van der Waals surface area contributed by atoms with Crippen LogP contribution in [-0.4, -0.2) is 35.0 Å². The summed E-state index contributed by atoms with van der Waals surface area (Å²) in [6.45, 7) is 1.35. The summed E-state index contributed by atoms with van der Waals surface area (Å²) in [5.74, 6) is 0.693. The third-order valence-corrected chi connectivity index (χ3v) is 4.48. The van der Waals surface area contributed by atoms with Crippen LogP contribution in [-0.2, 0) is 0 Å². The Labute approximate surface area is 129 Å². The lowest BCUT2D eigenvalue weighted by atomic mass is 10.3. The molecule has 0 bridgehead atoms. The zero-order chi connectivity index (χ0) is 13.9. The van der Waals surface area contributed by atoms with Crippen LogP contribution in [0.25, 0.3) is 0 Å². The van der Waals surface area contributed by atoms with Crippen molar-refractivity contribution in [1.29, 1.82) is 0 Å². The van der Waals surface area contributed by atoms with Crippen molar-refractivity contribution in [3.05, 3.63) is 45.2 Å². The van der Waals surface area contributed by atoms with Gasteiger partial charge in [-0.25, -0.2) is 4.98 Å². The number of likely N-dealkylation sites (tertiary alicyclic amines) is 1. The van der Waals surface area contributed by atoms with E-state index in [2.05, 4.69) is 20.9 Å². The van der Waals surface area contributed by atoms with Gasteiger partial charge >= 0.3 is 0 Å². The Morgan fingerprint density at radius 2 is 2.35 bits per heavy atom. The summed E-state index contributed by atoms with van der Waals surface area (Å²) in [6.07, 6.45) is 2.57. The Balaban J connectivity index is 1.59. The largest absolute Gasteiger partial charge is 0.472 e. The molecule has 2 aromatic rings. The number of hydrogen-bond acceptors (Lipinski definition) is 4. The highest BCUT2D eigenvalue weighted by molar-refractivity contribution is 9.10. The molecule has 20 heavy (non-hydrogen) atoms. The van der Waals surface area contributed by atoms with Crippen LogP contribution < -0.4 is 4.74 Å². The number of amides is 1. The Hall–Kier alpha value is -1.40. The highest BCUT2D eigenvalue weighted by Crippen LogP contribution is 2.21. The first-order valence-corrected chi connectivity index (χ1v) is 8.00. The van der Waals surface area contributed by atoms with Crippen LogP contribution in [0.2, 0.25) is 0 Å². The van der Waals surface area contributed by atoms with Gasteiger partial charge in [0.2, 0.25) is 5.88 Å². The number of hydrogen-bond donors (Lipinski definition) is 0. The number of ether oxygens (including phenoxy) is 1. The van der Waals surface area contributed by atoms with Crippen LogP contribution in [0.4, 0.5) is 0 Å². The zero-order valence-electron chi connectivity index (χ0n) is 10.7. The lowest BCUT2D eigenvalue weighted by Crippen LogP contribution is -2.30. The third-order valence-electron chi connectivity index (χ3n) is 3.15. The van der Waals surface area contributed by atoms with Crippen LogP contribution in [0, 0.1) is 0 Å². The Morgan fingerprint density at radius 3 is 3.05 bits per heavy atom. The molecule has 2 aromatic heterocycles. The number of aromatic nitrogens is 1. The van der Waals surface area contributed by atoms with Crippen molar-refractivity contribution in [2.45, 2.75) is 12.5 Å². The molecule has 1 aliphatic rings. The van der Waals surface area contributed by atoms with E-state index in [1.54, 1.807) is 6.20 Å². The summed E-state index contributed by atoms with van der Waals surface area (Å²) in [4.78, 5) is 19.0. The van der Waals surface area contributed by atoms with Gasteiger partial charge in [0.1, 0.15) is 6.10 Å². The van der Waals surface area contributed by atoms with E-state index in [0.29, 0.717) is 12.4 Å². The van der Waals surface area contributed by atoms with Crippen molar-refractivity contribution in [1.82, 2.24) is 9.88 Å². The number of carbonyl (C=O) groups excluding carboxylic acids is 1. The summed E-state index contributed by atoms with van der Waals surface area (Å²) < 4.78 is 6.73. The van der Waals surface area contributed by atoms with Crippen LogP contribution in [0.5, 0.6) is 5.88 Å². The van der Waals surface area contributed by atoms with Gasteiger partial charge in [-0.1, -0.05) is 6.07 Å². The molecule has 4 nitrogen and oxygen atoms in total. The molecule has 0 aromatic carbocycles. The number of thiophene rings is 1. The van der Waals surface area contributed by atoms with Gasteiger partial charge in [-0.15, -0.1) is 11.3 Å². The van der Waals surface area contributed by atoms with E-state index in [9.17, 15) is 4.79 Å². The van der Waals surface area contributed by atoms with Crippen LogP contribution in [0.1, 0.15) is 16.1 Å². The summed E-state index contributed by atoms with van der Waals surface area (Å²) in [5.41, 5.74) is 0. The molecule has 1 atom stereocenters. The molecule has 0 saturated carbocycles. The predicted octanol–water partition coefficient (Wildman–Crippen LogP) is 3.20. The first-order chi connectivity index (χ1) is 9.72. The summed E-state index contributed by atoms with van der Waals surface area (Å²) >= 11 is 4.81. The van der Waals surface area contributed by atoms with Gasteiger partial charge in [-0.3, -0.25) is 4.79 Å². The monoisotopic (exact) mass is 352 g/mol. The number of pyridine rings is 1. The number of nitrogens with zero attached hydrogens (tertiary/aromatic N) is 2. The fraction of sp³-hybridized carbons (Fsp3) is 0.286. The predicted molar refractivity (Wildman–Crippen MR) is 81.2 cm³/mol. The third kappa shape index (κ3) is 3.02. The highest BCUT2D eigenvalue weighted by Gasteiger charge is 2.28. The summed E-state index contributed by atoms with van der Waals surface area (Å²) in [6, 6.07) is 7.48. The summed E-state index contributed by atoms with van der Waals surface area (Å²) in [5, 5.41) is 1.92. The van der Waals surface area contributed by atoms with Crippen LogP contribution >= 0.6 is 27.3 Å². The molecule has 1 unspecified atom stereocenters. The lowest BCUT2D eigenvalue weighted by Gasteiger charge is -2.16. The second-order valence-corrected chi connectivity index (χ2v) is 6.44. The van der Waals surface area contributed by atoms with E-state index in [1.165, 1.54) is 11.3 Å². The van der Waals surface area contributed by atoms with Crippen LogP contribution in [0.3, 0.4) is 0 Å². The maximum atomic E-state index is 12.2. The van der Waals surface area contributed by atoms with E-state index in [4.69, 9.17) is 4.74 Å². The molecule has 0 aliphatic carbocycles. The average molecular weight is 353 g/mol. The fourth-order valence-corrected chi connectivity index (χ4v) is 3.09. The number of rotatable bonds is 3. The topological polar surface area (TPSA) is 42.4 Å². The second kappa shape index (κ2) is 5.93. The molecule has 1 amide bonds. The smallest absolute Gasteiger partial charge is 0.264 e. The van der Waals surface area contributed by atoms with Crippen LogP contribution in [0.15, 0.2) is 40.3 Å². The first kappa shape index (κ1) is 13.6. The van der Waals surface area contributed by atoms with Crippen molar-refractivity contribution in [3.63, 3.8) is 0 Å². The van der Waals surface area contributed by atoms with Crippen molar-refractivity contribution in [2.75, 3.05) is 13.1 Å². The minimum atomic E-state index is 0.0209. The fourth-order valence-electron chi connectivity index (χ4n) is 2.17. The molecule has 0 N–H and O–H groups in total. The minimum absolute atomic E-state index is 0.0209. The zero-order valence-corrected chi connectivity index (χ0v) is 13.1. The molecule has 104 valence electrons. The van der Waals surface area contributed by atoms with Gasteiger partial charge in [0.15, 0.2) is 0 Å². The van der Waals surface area contributed by atoms with Gasteiger partial charge in [0.05, 0.1) is 11.4 Å². The van der Waals surface area contributed by atoms with Crippen molar-refractivity contribution < 1.29 is 9.53 Å². The van der Waals surface area contributed by atoms with E-state index >= 15 is 0 Å². The van der Waals surface area contributed by atoms with Crippen molar-refractivity contribution in [2.24, 2.45) is 0 Å². The van der Waals surface area contributed by atoms with E-state index in [1.807, 2.05) is 34.5 Å².